The van der Waals surface area contributed by atoms with Gasteiger partial charge >= 0.3 is 0 Å². The summed E-state index contributed by atoms with van der Waals surface area (Å²) in [5, 5.41) is 0.738. The molecule has 2 aromatic heterocycles. The van der Waals surface area contributed by atoms with Gasteiger partial charge in [0.2, 0.25) is 0 Å². The molecule has 0 radical (unpaired) electrons. The zero-order chi connectivity index (χ0) is 17.2. The van der Waals surface area contributed by atoms with Gasteiger partial charge in [0.15, 0.2) is 0 Å². The second-order valence-electron chi connectivity index (χ2n) is 6.84. The molecule has 3 heterocycles. The fourth-order valence-electron chi connectivity index (χ4n) is 3.87. The van der Waals surface area contributed by atoms with E-state index in [1.54, 1.807) is 0 Å². The van der Waals surface area contributed by atoms with Crippen molar-refractivity contribution in [1.29, 1.82) is 0 Å². The van der Waals surface area contributed by atoms with E-state index in [0.717, 1.165) is 35.0 Å². The number of nitrogens with zero attached hydrogens (tertiary/aromatic N) is 4. The van der Waals surface area contributed by atoms with Crippen molar-refractivity contribution in [3.63, 3.8) is 0 Å². The first-order valence-corrected chi connectivity index (χ1v) is 9.35. The summed E-state index contributed by atoms with van der Waals surface area (Å²) in [6.45, 7) is 1.97. The molecule has 1 atom stereocenters. The van der Waals surface area contributed by atoms with Crippen molar-refractivity contribution < 1.29 is 0 Å². The lowest BCUT2D eigenvalue weighted by Gasteiger charge is -2.30. The average Bonchev–Trinajstić information content (AvgIpc) is 2.80. The van der Waals surface area contributed by atoms with Crippen LogP contribution in [0.2, 0.25) is 5.02 Å². The molecule has 0 amide bonds. The summed E-state index contributed by atoms with van der Waals surface area (Å²) in [7, 11) is 2.10. The maximum Gasteiger partial charge on any atom is 0.123 e. The Morgan fingerprint density at radius 1 is 1.12 bits per heavy atom. The third-order valence-corrected chi connectivity index (χ3v) is 5.47. The minimum absolute atomic E-state index is 0.439. The van der Waals surface area contributed by atoms with Gasteiger partial charge in [-0.05, 0) is 55.3 Å². The minimum atomic E-state index is 0.439. The predicted molar refractivity (Wildman–Crippen MR) is 102 cm³/mol. The number of aromatic nitrogens is 3. The van der Waals surface area contributed by atoms with Gasteiger partial charge in [-0.2, -0.15) is 0 Å². The van der Waals surface area contributed by atoms with Gasteiger partial charge < -0.3 is 4.57 Å². The average molecular weight is 355 g/mol. The van der Waals surface area contributed by atoms with E-state index in [0.29, 0.717) is 6.04 Å². The number of likely N-dealkylation sites (tertiary alicyclic amines) is 1. The lowest BCUT2D eigenvalue weighted by molar-refractivity contribution is 0.186. The Labute approximate surface area is 153 Å². The van der Waals surface area contributed by atoms with Crippen molar-refractivity contribution in [2.45, 2.75) is 38.3 Å². The normalized spacial score (nSPS) is 19.2. The Balaban J connectivity index is 1.66. The van der Waals surface area contributed by atoms with Crippen LogP contribution in [-0.2, 0) is 13.6 Å². The van der Waals surface area contributed by atoms with Crippen LogP contribution in [0.1, 0.15) is 43.1 Å². The zero-order valence-corrected chi connectivity index (χ0v) is 15.3. The predicted octanol–water partition coefficient (Wildman–Crippen LogP) is 4.74. The zero-order valence-electron chi connectivity index (χ0n) is 14.5. The first kappa shape index (κ1) is 16.6. The van der Waals surface area contributed by atoms with Crippen molar-refractivity contribution in [3.05, 3.63) is 59.1 Å². The van der Waals surface area contributed by atoms with Crippen LogP contribution < -0.4 is 0 Å². The number of benzene rings is 1. The summed E-state index contributed by atoms with van der Waals surface area (Å²) in [6, 6.07) is 10.7. The van der Waals surface area contributed by atoms with E-state index < -0.39 is 0 Å². The Hall–Kier alpha value is -1.91. The summed E-state index contributed by atoms with van der Waals surface area (Å²) < 4.78 is 2.19. The molecular formula is C20H23ClN4. The Morgan fingerprint density at radius 2 is 1.96 bits per heavy atom. The molecule has 4 nitrogen and oxygen atoms in total. The number of hydrogen-bond acceptors (Lipinski definition) is 3. The number of pyridine rings is 1. The number of aryl methyl sites for hydroxylation is 1. The van der Waals surface area contributed by atoms with Crippen molar-refractivity contribution in [2.75, 3.05) is 6.54 Å². The molecule has 130 valence electrons. The fourth-order valence-corrected chi connectivity index (χ4v) is 4.03. The van der Waals surface area contributed by atoms with Crippen LogP contribution >= 0.6 is 11.6 Å². The van der Waals surface area contributed by atoms with Crippen LogP contribution in [0.25, 0.3) is 11.0 Å². The van der Waals surface area contributed by atoms with Crippen LogP contribution in [0.3, 0.4) is 0 Å². The molecule has 0 bridgehead atoms. The molecule has 0 spiro atoms. The molecule has 3 aromatic rings. The van der Waals surface area contributed by atoms with Crippen LogP contribution in [0, 0.1) is 0 Å². The van der Waals surface area contributed by atoms with Crippen LogP contribution in [0.15, 0.2) is 42.7 Å². The number of fused-ring (bicyclic) bond motifs is 1. The highest BCUT2D eigenvalue weighted by atomic mass is 35.5. The van der Waals surface area contributed by atoms with E-state index in [1.165, 1.54) is 31.2 Å². The van der Waals surface area contributed by atoms with E-state index in [-0.39, 0.29) is 0 Å². The molecule has 4 rings (SSSR count). The highest BCUT2D eigenvalue weighted by Crippen LogP contribution is 2.31. The van der Waals surface area contributed by atoms with E-state index in [9.17, 15) is 0 Å². The monoisotopic (exact) mass is 354 g/mol. The van der Waals surface area contributed by atoms with Crippen LogP contribution in [0.5, 0.6) is 0 Å². The van der Waals surface area contributed by atoms with E-state index >= 15 is 0 Å². The highest BCUT2D eigenvalue weighted by Gasteiger charge is 2.24. The summed E-state index contributed by atoms with van der Waals surface area (Å²) in [6.07, 6.45) is 8.82. The molecule has 0 N–H and O–H groups in total. The van der Waals surface area contributed by atoms with Gasteiger partial charge in [0, 0.05) is 30.5 Å². The Bertz CT molecular complexity index is 859. The van der Waals surface area contributed by atoms with Gasteiger partial charge in [-0.1, -0.05) is 24.4 Å². The van der Waals surface area contributed by atoms with Crippen molar-refractivity contribution >= 4 is 22.6 Å². The Morgan fingerprint density at radius 3 is 2.80 bits per heavy atom. The third-order valence-electron chi connectivity index (χ3n) is 5.23. The van der Waals surface area contributed by atoms with E-state index in [4.69, 9.17) is 16.6 Å². The number of imidazole rings is 1. The molecule has 1 aliphatic rings. The quantitative estimate of drug-likeness (QED) is 0.681. The largest absolute Gasteiger partial charge is 0.330 e. The molecule has 0 saturated carbocycles. The molecule has 1 aliphatic heterocycles. The number of hydrogen-bond donors (Lipinski definition) is 0. The topological polar surface area (TPSA) is 34.0 Å². The summed E-state index contributed by atoms with van der Waals surface area (Å²) in [5.74, 6) is 1.10. The standard InChI is InChI=1S/C20H23ClN4/c1-24-19-7-6-16(21)13-17(19)23-20(24)14-25-12-4-2-3-5-18(25)15-8-10-22-11-9-15/h6-11,13,18H,2-5,12,14H2,1H3. The molecule has 1 unspecified atom stereocenters. The van der Waals surface area contributed by atoms with Gasteiger partial charge in [0.25, 0.3) is 0 Å². The van der Waals surface area contributed by atoms with Gasteiger partial charge in [-0.15, -0.1) is 0 Å². The lowest BCUT2D eigenvalue weighted by atomic mass is 10.0. The first-order valence-electron chi connectivity index (χ1n) is 8.97. The van der Waals surface area contributed by atoms with E-state index in [2.05, 4.69) is 39.7 Å². The third kappa shape index (κ3) is 3.42. The molecule has 25 heavy (non-hydrogen) atoms. The second-order valence-corrected chi connectivity index (χ2v) is 7.27. The minimum Gasteiger partial charge on any atom is -0.330 e. The van der Waals surface area contributed by atoms with Gasteiger partial charge in [-0.3, -0.25) is 9.88 Å². The van der Waals surface area contributed by atoms with Gasteiger partial charge in [-0.25, -0.2) is 4.98 Å². The fraction of sp³-hybridized carbons (Fsp3) is 0.400. The maximum absolute atomic E-state index is 6.13. The maximum atomic E-state index is 6.13. The molecule has 1 aromatic carbocycles. The van der Waals surface area contributed by atoms with Gasteiger partial charge in [0.1, 0.15) is 5.82 Å². The number of halogens is 1. The summed E-state index contributed by atoms with van der Waals surface area (Å²) in [5.41, 5.74) is 3.47. The van der Waals surface area contributed by atoms with Gasteiger partial charge in [0.05, 0.1) is 17.6 Å². The molecule has 1 fully saturated rings. The van der Waals surface area contributed by atoms with Crippen LogP contribution in [-0.4, -0.2) is 26.0 Å². The summed E-state index contributed by atoms with van der Waals surface area (Å²) >= 11 is 6.13. The molecule has 5 heteroatoms. The molecule has 0 aliphatic carbocycles. The first-order chi connectivity index (χ1) is 12.2. The Kier molecular flexibility index (Phi) is 4.73. The van der Waals surface area contributed by atoms with Crippen molar-refractivity contribution in [3.8, 4) is 0 Å². The highest BCUT2D eigenvalue weighted by molar-refractivity contribution is 6.31. The van der Waals surface area contributed by atoms with Crippen LogP contribution in [0.4, 0.5) is 0 Å². The lowest BCUT2D eigenvalue weighted by Crippen LogP contribution is -2.29. The number of rotatable bonds is 3. The smallest absolute Gasteiger partial charge is 0.123 e. The molecular weight excluding hydrogens is 332 g/mol. The SMILES string of the molecule is Cn1c(CN2CCCCCC2c2ccncc2)nc2cc(Cl)ccc21. The summed E-state index contributed by atoms with van der Waals surface area (Å²) in [4.78, 5) is 11.6. The van der Waals surface area contributed by atoms with Crippen molar-refractivity contribution in [1.82, 2.24) is 19.4 Å². The molecule has 1 saturated heterocycles. The van der Waals surface area contributed by atoms with Crippen molar-refractivity contribution in [2.24, 2.45) is 7.05 Å². The second kappa shape index (κ2) is 7.14. The van der Waals surface area contributed by atoms with E-state index in [1.807, 2.05) is 24.5 Å².